The van der Waals surface area contributed by atoms with Gasteiger partial charge in [0, 0.05) is 31.4 Å². The molecule has 2 bridgehead atoms. The maximum Gasteiger partial charge on any atom is 0.253 e. The molecule has 3 rings (SSSR count). The standard InChI is InChI=1S/C18H24N2O/c1-12(17-11-13-4-5-15(17)10-13)19-16-8-6-14(7-9-16)18(21)20(2)3/h4-9,12-13,15,17,19H,10-11H2,1-3H3. The van der Waals surface area contributed by atoms with Gasteiger partial charge in [-0.2, -0.15) is 0 Å². The second-order valence-electron chi connectivity index (χ2n) is 6.65. The Morgan fingerprint density at radius 2 is 1.90 bits per heavy atom. The molecule has 4 atom stereocenters. The normalized spacial score (nSPS) is 27.7. The smallest absolute Gasteiger partial charge is 0.253 e. The second kappa shape index (κ2) is 5.55. The number of rotatable bonds is 4. The predicted octanol–water partition coefficient (Wildman–Crippen LogP) is 3.40. The molecule has 2 aliphatic rings. The minimum absolute atomic E-state index is 0.0489. The first-order chi connectivity index (χ1) is 10.0. The Labute approximate surface area is 127 Å². The summed E-state index contributed by atoms with van der Waals surface area (Å²) in [6.07, 6.45) is 7.44. The highest BCUT2D eigenvalue weighted by Crippen LogP contribution is 2.45. The first-order valence-electron chi connectivity index (χ1n) is 7.81. The Kier molecular flexibility index (Phi) is 3.75. The molecule has 2 aliphatic carbocycles. The lowest BCUT2D eigenvalue weighted by molar-refractivity contribution is 0.0827. The van der Waals surface area contributed by atoms with Gasteiger partial charge in [-0.25, -0.2) is 0 Å². The van der Waals surface area contributed by atoms with Crippen molar-refractivity contribution in [1.29, 1.82) is 0 Å². The molecule has 0 aliphatic heterocycles. The minimum Gasteiger partial charge on any atom is -0.382 e. The third kappa shape index (κ3) is 2.82. The van der Waals surface area contributed by atoms with E-state index in [9.17, 15) is 4.79 Å². The summed E-state index contributed by atoms with van der Waals surface area (Å²) in [5, 5.41) is 3.61. The number of allylic oxidation sites excluding steroid dienone is 2. The van der Waals surface area contributed by atoms with Gasteiger partial charge >= 0.3 is 0 Å². The average molecular weight is 284 g/mol. The Balaban J connectivity index is 1.63. The highest BCUT2D eigenvalue weighted by Gasteiger charge is 2.38. The minimum atomic E-state index is 0.0489. The van der Waals surface area contributed by atoms with Crippen LogP contribution in [0.4, 0.5) is 5.69 Å². The van der Waals surface area contributed by atoms with E-state index < -0.39 is 0 Å². The Bertz CT molecular complexity index is 547. The maximum absolute atomic E-state index is 11.9. The third-order valence-corrected chi connectivity index (χ3v) is 4.90. The predicted molar refractivity (Wildman–Crippen MR) is 86.4 cm³/mol. The van der Waals surface area contributed by atoms with Crippen LogP contribution in [-0.4, -0.2) is 30.9 Å². The number of carbonyl (C=O) groups excluding carboxylic acids is 1. The molecule has 0 saturated heterocycles. The number of fused-ring (bicyclic) bond motifs is 2. The summed E-state index contributed by atoms with van der Waals surface area (Å²) in [6.45, 7) is 2.28. The van der Waals surface area contributed by atoms with Gasteiger partial charge in [0.05, 0.1) is 0 Å². The van der Waals surface area contributed by atoms with E-state index in [2.05, 4.69) is 24.4 Å². The molecular formula is C18H24N2O. The van der Waals surface area contributed by atoms with Crippen molar-refractivity contribution in [3.63, 3.8) is 0 Å². The van der Waals surface area contributed by atoms with Gasteiger partial charge in [-0.1, -0.05) is 12.2 Å². The van der Waals surface area contributed by atoms with E-state index >= 15 is 0 Å². The topological polar surface area (TPSA) is 32.3 Å². The number of nitrogens with one attached hydrogen (secondary N) is 1. The van der Waals surface area contributed by atoms with Crippen LogP contribution in [0.3, 0.4) is 0 Å². The lowest BCUT2D eigenvalue weighted by Crippen LogP contribution is -2.28. The summed E-state index contributed by atoms with van der Waals surface area (Å²) in [4.78, 5) is 13.5. The number of anilines is 1. The molecule has 1 amide bonds. The molecule has 1 aromatic carbocycles. The molecule has 112 valence electrons. The maximum atomic E-state index is 11.9. The average Bonchev–Trinajstić information content (AvgIpc) is 3.10. The molecule has 0 aromatic heterocycles. The molecule has 1 aromatic rings. The summed E-state index contributed by atoms with van der Waals surface area (Å²) in [7, 11) is 3.55. The molecule has 4 unspecified atom stereocenters. The van der Waals surface area contributed by atoms with Crippen molar-refractivity contribution in [3.8, 4) is 0 Å². The summed E-state index contributed by atoms with van der Waals surface area (Å²) in [5.41, 5.74) is 1.84. The van der Waals surface area contributed by atoms with E-state index in [1.165, 1.54) is 12.8 Å². The zero-order valence-electron chi connectivity index (χ0n) is 13.0. The van der Waals surface area contributed by atoms with Crippen LogP contribution in [0.2, 0.25) is 0 Å². The van der Waals surface area contributed by atoms with Gasteiger partial charge in [-0.15, -0.1) is 0 Å². The Morgan fingerprint density at radius 1 is 1.19 bits per heavy atom. The van der Waals surface area contributed by atoms with Crippen LogP contribution >= 0.6 is 0 Å². The summed E-state index contributed by atoms with van der Waals surface area (Å²) < 4.78 is 0. The zero-order chi connectivity index (χ0) is 15.0. The number of nitrogens with zero attached hydrogens (tertiary/aromatic N) is 1. The molecule has 1 N–H and O–H groups in total. The lowest BCUT2D eigenvalue weighted by atomic mass is 9.87. The van der Waals surface area contributed by atoms with Crippen molar-refractivity contribution in [3.05, 3.63) is 42.0 Å². The van der Waals surface area contributed by atoms with Crippen LogP contribution in [-0.2, 0) is 0 Å². The first kappa shape index (κ1) is 14.2. The molecule has 3 nitrogen and oxygen atoms in total. The number of hydrogen-bond donors (Lipinski definition) is 1. The zero-order valence-corrected chi connectivity index (χ0v) is 13.0. The van der Waals surface area contributed by atoms with Crippen molar-refractivity contribution < 1.29 is 4.79 Å². The SMILES string of the molecule is CC(Nc1ccc(C(=O)N(C)C)cc1)C1CC2C=CC1C2. The highest BCUT2D eigenvalue weighted by molar-refractivity contribution is 5.94. The Morgan fingerprint density at radius 3 is 2.43 bits per heavy atom. The molecule has 1 saturated carbocycles. The summed E-state index contributed by atoms with van der Waals surface area (Å²) in [6, 6.07) is 8.29. The van der Waals surface area contributed by atoms with Gasteiger partial charge in [0.2, 0.25) is 0 Å². The van der Waals surface area contributed by atoms with E-state index in [0.717, 1.165) is 29.0 Å². The van der Waals surface area contributed by atoms with Crippen molar-refractivity contribution in [1.82, 2.24) is 4.90 Å². The van der Waals surface area contributed by atoms with Crippen molar-refractivity contribution >= 4 is 11.6 Å². The number of amides is 1. The van der Waals surface area contributed by atoms with Gasteiger partial charge in [0.1, 0.15) is 0 Å². The fraction of sp³-hybridized carbons (Fsp3) is 0.500. The summed E-state index contributed by atoms with van der Waals surface area (Å²) >= 11 is 0. The first-order valence-corrected chi connectivity index (χ1v) is 7.81. The van der Waals surface area contributed by atoms with E-state index in [1.54, 1.807) is 19.0 Å². The number of hydrogen-bond acceptors (Lipinski definition) is 2. The molecule has 0 radical (unpaired) electrons. The fourth-order valence-corrected chi connectivity index (χ4v) is 3.74. The van der Waals surface area contributed by atoms with Crippen molar-refractivity contribution in [2.45, 2.75) is 25.8 Å². The molecule has 3 heteroatoms. The van der Waals surface area contributed by atoms with E-state index in [4.69, 9.17) is 0 Å². The molecule has 1 fully saturated rings. The van der Waals surface area contributed by atoms with Crippen LogP contribution in [0, 0.1) is 17.8 Å². The summed E-state index contributed by atoms with van der Waals surface area (Å²) in [5.74, 6) is 2.35. The van der Waals surface area contributed by atoms with E-state index in [-0.39, 0.29) is 5.91 Å². The van der Waals surface area contributed by atoms with E-state index in [1.807, 2.05) is 24.3 Å². The van der Waals surface area contributed by atoms with Crippen LogP contribution in [0.15, 0.2) is 36.4 Å². The molecule has 0 spiro atoms. The van der Waals surface area contributed by atoms with Gasteiger partial charge in [0.15, 0.2) is 0 Å². The monoisotopic (exact) mass is 284 g/mol. The lowest BCUT2D eigenvalue weighted by Gasteiger charge is -2.27. The third-order valence-electron chi connectivity index (χ3n) is 4.90. The van der Waals surface area contributed by atoms with Crippen LogP contribution in [0.1, 0.15) is 30.1 Å². The van der Waals surface area contributed by atoms with Crippen LogP contribution < -0.4 is 5.32 Å². The van der Waals surface area contributed by atoms with Crippen molar-refractivity contribution in [2.24, 2.45) is 17.8 Å². The number of benzene rings is 1. The van der Waals surface area contributed by atoms with Gasteiger partial charge < -0.3 is 10.2 Å². The largest absolute Gasteiger partial charge is 0.382 e. The van der Waals surface area contributed by atoms with Crippen LogP contribution in [0.5, 0.6) is 0 Å². The van der Waals surface area contributed by atoms with Gasteiger partial charge in [0.25, 0.3) is 5.91 Å². The highest BCUT2D eigenvalue weighted by atomic mass is 16.2. The number of carbonyl (C=O) groups is 1. The van der Waals surface area contributed by atoms with Crippen molar-refractivity contribution in [2.75, 3.05) is 19.4 Å². The fourth-order valence-electron chi connectivity index (χ4n) is 3.74. The Hall–Kier alpha value is -1.77. The molecular weight excluding hydrogens is 260 g/mol. The van der Waals surface area contributed by atoms with Crippen LogP contribution in [0.25, 0.3) is 0 Å². The van der Waals surface area contributed by atoms with Gasteiger partial charge in [-0.3, -0.25) is 4.79 Å². The second-order valence-corrected chi connectivity index (χ2v) is 6.65. The quantitative estimate of drug-likeness (QED) is 0.859. The van der Waals surface area contributed by atoms with Gasteiger partial charge in [-0.05, 0) is 61.8 Å². The van der Waals surface area contributed by atoms with E-state index in [0.29, 0.717) is 6.04 Å². The molecule has 21 heavy (non-hydrogen) atoms. The molecule has 0 heterocycles.